The molecule has 0 aromatic carbocycles. The van der Waals surface area contributed by atoms with Crippen LogP contribution in [0.4, 0.5) is 0 Å². The Morgan fingerprint density at radius 3 is 2.38 bits per heavy atom. The van der Waals surface area contributed by atoms with Gasteiger partial charge >= 0.3 is 5.97 Å². The van der Waals surface area contributed by atoms with Crippen LogP contribution in [-0.2, 0) is 19.6 Å². The third-order valence-electron chi connectivity index (χ3n) is 1.01. The van der Waals surface area contributed by atoms with E-state index >= 15 is 0 Å². The molecule has 0 spiro atoms. The maximum absolute atomic E-state index is 10.9. The summed E-state index contributed by atoms with van der Waals surface area (Å²) in [6.07, 6.45) is 0.485. The largest absolute Gasteiger partial charge is 0.363 e. The fourth-order valence-electron chi connectivity index (χ4n) is 0.371. The lowest BCUT2D eigenvalue weighted by Crippen LogP contribution is -2.23. The second kappa shape index (κ2) is 5.42. The molecule has 0 saturated carbocycles. The molecule has 0 aliphatic carbocycles. The standard InChI is InChI=1S/C8H15ClO4/c1-5-6(9)7(10)11-13-12-8(2,3)4/h6H,5H2,1-4H3. The summed E-state index contributed by atoms with van der Waals surface area (Å²) in [4.78, 5) is 19.9. The molecule has 1 atom stereocenters. The smallest absolute Gasteiger partial charge is 0.267 e. The van der Waals surface area contributed by atoms with Crippen LogP contribution in [-0.4, -0.2) is 16.9 Å². The molecule has 0 aromatic heterocycles. The second-order valence-corrected chi connectivity index (χ2v) is 4.07. The summed E-state index contributed by atoms with van der Waals surface area (Å²) < 4.78 is 0. The van der Waals surface area contributed by atoms with Crippen molar-refractivity contribution in [2.75, 3.05) is 0 Å². The fourth-order valence-corrected chi connectivity index (χ4v) is 0.408. The number of carbonyl (C=O) groups is 1. The van der Waals surface area contributed by atoms with Crippen molar-refractivity contribution in [2.45, 2.75) is 45.1 Å². The van der Waals surface area contributed by atoms with E-state index in [1.54, 1.807) is 27.7 Å². The molecule has 0 rings (SSSR count). The van der Waals surface area contributed by atoms with Gasteiger partial charge in [0, 0.05) is 0 Å². The maximum Gasteiger partial charge on any atom is 0.363 e. The topological polar surface area (TPSA) is 44.8 Å². The van der Waals surface area contributed by atoms with Crippen molar-refractivity contribution in [1.29, 1.82) is 0 Å². The molecule has 78 valence electrons. The molecule has 0 aliphatic heterocycles. The number of rotatable bonds is 4. The van der Waals surface area contributed by atoms with Gasteiger partial charge in [-0.15, -0.1) is 11.6 Å². The summed E-state index contributed by atoms with van der Waals surface area (Å²) in [6, 6.07) is 0. The molecule has 4 nitrogen and oxygen atoms in total. The molecule has 0 aliphatic rings. The molecule has 0 saturated heterocycles. The lowest BCUT2D eigenvalue weighted by molar-refractivity contribution is -0.514. The van der Waals surface area contributed by atoms with Crippen molar-refractivity contribution in [3.05, 3.63) is 0 Å². The molecule has 13 heavy (non-hydrogen) atoms. The Morgan fingerprint density at radius 2 is 2.00 bits per heavy atom. The molecular formula is C8H15ClO4. The minimum absolute atomic E-state index is 0.485. The number of hydrogen-bond acceptors (Lipinski definition) is 4. The van der Waals surface area contributed by atoms with Crippen molar-refractivity contribution in [3.8, 4) is 0 Å². The normalized spacial score (nSPS) is 13.9. The number of carbonyl (C=O) groups excluding carboxylic acids is 1. The molecule has 0 N–H and O–H groups in total. The molecule has 0 heterocycles. The van der Waals surface area contributed by atoms with Crippen molar-refractivity contribution < 1.29 is 19.6 Å². The van der Waals surface area contributed by atoms with E-state index in [4.69, 9.17) is 16.5 Å². The van der Waals surface area contributed by atoms with Crippen molar-refractivity contribution in [2.24, 2.45) is 0 Å². The molecule has 1 unspecified atom stereocenters. The molecule has 0 aromatic rings. The quantitative estimate of drug-likeness (QED) is 0.406. The van der Waals surface area contributed by atoms with Crippen LogP contribution in [0.3, 0.4) is 0 Å². The first-order valence-corrected chi connectivity index (χ1v) is 4.50. The van der Waals surface area contributed by atoms with Gasteiger partial charge in [0.05, 0.1) is 5.60 Å². The molecule has 0 fully saturated rings. The predicted octanol–water partition coefficient (Wildman–Crippen LogP) is 2.21. The Hall–Kier alpha value is -0.320. The zero-order chi connectivity index (χ0) is 10.5. The molecule has 0 bridgehead atoms. The van der Waals surface area contributed by atoms with E-state index in [0.29, 0.717) is 6.42 Å². The second-order valence-electron chi connectivity index (χ2n) is 3.54. The van der Waals surface area contributed by atoms with E-state index in [-0.39, 0.29) is 0 Å². The summed E-state index contributed by atoms with van der Waals surface area (Å²) in [6.45, 7) is 7.06. The van der Waals surface area contributed by atoms with Gasteiger partial charge in [0.1, 0.15) is 5.38 Å². The van der Waals surface area contributed by atoms with E-state index in [9.17, 15) is 4.79 Å². The van der Waals surface area contributed by atoms with Gasteiger partial charge < -0.3 is 0 Å². The van der Waals surface area contributed by atoms with Gasteiger partial charge in [-0.05, 0) is 32.2 Å². The van der Waals surface area contributed by atoms with Gasteiger partial charge in [0.2, 0.25) is 0 Å². The Bertz CT molecular complexity index is 164. The lowest BCUT2D eigenvalue weighted by Gasteiger charge is -2.15. The highest BCUT2D eigenvalue weighted by Gasteiger charge is 2.18. The SMILES string of the molecule is CCC(Cl)C(=O)OOOC(C)(C)C. The molecular weight excluding hydrogens is 196 g/mol. The number of hydrogen-bond donors (Lipinski definition) is 0. The fraction of sp³-hybridized carbons (Fsp3) is 0.875. The zero-order valence-corrected chi connectivity index (χ0v) is 9.05. The van der Waals surface area contributed by atoms with Crippen LogP contribution in [0.15, 0.2) is 0 Å². The van der Waals surface area contributed by atoms with Crippen molar-refractivity contribution in [3.63, 3.8) is 0 Å². The third-order valence-corrected chi connectivity index (χ3v) is 1.50. The van der Waals surface area contributed by atoms with Crippen LogP contribution in [0, 0.1) is 0 Å². The maximum atomic E-state index is 10.9. The van der Waals surface area contributed by atoms with Crippen LogP contribution in [0.5, 0.6) is 0 Å². The van der Waals surface area contributed by atoms with E-state index in [1.807, 2.05) is 0 Å². The summed E-state index contributed by atoms with van der Waals surface area (Å²) in [5, 5.41) is 3.56. The average Bonchev–Trinajstić information content (AvgIpc) is 2.00. The van der Waals surface area contributed by atoms with Crippen molar-refractivity contribution in [1.82, 2.24) is 0 Å². The van der Waals surface area contributed by atoms with Gasteiger partial charge in [-0.2, -0.15) is 4.89 Å². The third kappa shape index (κ3) is 6.81. The average molecular weight is 211 g/mol. The minimum atomic E-state index is -0.691. The number of alkyl halides is 1. The Morgan fingerprint density at radius 1 is 1.46 bits per heavy atom. The highest BCUT2D eigenvalue weighted by atomic mass is 35.5. The summed E-state index contributed by atoms with van der Waals surface area (Å²) >= 11 is 5.56. The minimum Gasteiger partial charge on any atom is -0.267 e. The Kier molecular flexibility index (Phi) is 5.29. The summed E-state index contributed by atoms with van der Waals surface area (Å²) in [7, 11) is 0. The van der Waals surface area contributed by atoms with Crippen molar-refractivity contribution >= 4 is 17.6 Å². The van der Waals surface area contributed by atoms with Gasteiger partial charge in [-0.1, -0.05) is 6.92 Å². The van der Waals surface area contributed by atoms with Gasteiger partial charge in [0.15, 0.2) is 0 Å². The Balaban J connectivity index is 3.60. The van der Waals surface area contributed by atoms with Crippen LogP contribution >= 0.6 is 11.6 Å². The van der Waals surface area contributed by atoms with E-state index < -0.39 is 16.9 Å². The predicted molar refractivity (Wildman–Crippen MR) is 47.9 cm³/mol. The van der Waals surface area contributed by atoms with E-state index in [1.165, 1.54) is 0 Å². The van der Waals surface area contributed by atoms with Gasteiger partial charge in [-0.3, -0.25) is 4.89 Å². The first-order chi connectivity index (χ1) is 5.87. The monoisotopic (exact) mass is 210 g/mol. The van der Waals surface area contributed by atoms with Crippen LogP contribution in [0.1, 0.15) is 34.1 Å². The van der Waals surface area contributed by atoms with Crippen LogP contribution in [0.2, 0.25) is 0 Å². The van der Waals surface area contributed by atoms with Crippen LogP contribution in [0.25, 0.3) is 0 Å². The first-order valence-electron chi connectivity index (χ1n) is 4.07. The van der Waals surface area contributed by atoms with Gasteiger partial charge in [0.25, 0.3) is 0 Å². The van der Waals surface area contributed by atoms with Crippen LogP contribution < -0.4 is 0 Å². The van der Waals surface area contributed by atoms with E-state index in [2.05, 4.69) is 9.93 Å². The summed E-state index contributed by atoms with van der Waals surface area (Å²) in [5.41, 5.74) is -0.520. The molecule has 0 radical (unpaired) electrons. The Labute approximate surface area is 83.0 Å². The zero-order valence-electron chi connectivity index (χ0n) is 8.30. The lowest BCUT2D eigenvalue weighted by atomic mass is 10.2. The molecule has 0 amide bonds. The number of halogens is 1. The highest BCUT2D eigenvalue weighted by Crippen LogP contribution is 2.09. The first kappa shape index (κ1) is 12.7. The van der Waals surface area contributed by atoms with Gasteiger partial charge in [-0.25, -0.2) is 4.79 Å². The van der Waals surface area contributed by atoms with E-state index in [0.717, 1.165) is 0 Å². The highest BCUT2D eigenvalue weighted by molar-refractivity contribution is 6.29. The molecule has 5 heteroatoms. The summed E-state index contributed by atoms with van der Waals surface area (Å²) in [5.74, 6) is -0.645.